The van der Waals surface area contributed by atoms with E-state index in [1.165, 1.54) is 0 Å². The quantitative estimate of drug-likeness (QED) is 0.872. The van der Waals surface area contributed by atoms with Crippen molar-refractivity contribution < 1.29 is 19.1 Å². The van der Waals surface area contributed by atoms with Gasteiger partial charge in [0, 0.05) is 6.61 Å². The van der Waals surface area contributed by atoms with Crippen molar-refractivity contribution in [3.63, 3.8) is 0 Å². The van der Waals surface area contributed by atoms with E-state index in [1.807, 2.05) is 6.92 Å². The number of aromatic carboxylic acids is 1. The van der Waals surface area contributed by atoms with Crippen LogP contribution in [0.25, 0.3) is 0 Å². The van der Waals surface area contributed by atoms with Crippen LogP contribution in [-0.4, -0.2) is 28.8 Å². The van der Waals surface area contributed by atoms with Gasteiger partial charge in [0.15, 0.2) is 5.89 Å². The second-order valence-electron chi connectivity index (χ2n) is 4.63. The summed E-state index contributed by atoms with van der Waals surface area (Å²) in [6, 6.07) is 0. The van der Waals surface area contributed by atoms with Gasteiger partial charge in [-0.2, -0.15) is 0 Å². The summed E-state index contributed by atoms with van der Waals surface area (Å²) in [5.41, 5.74) is 0.552. The third kappa shape index (κ3) is 3.10. The minimum atomic E-state index is -1.04. The Bertz CT molecular complexity index is 407. The molecule has 1 atom stereocenters. The highest BCUT2D eigenvalue weighted by Crippen LogP contribution is 2.19. The molecule has 0 aromatic carbocycles. The van der Waals surface area contributed by atoms with Crippen LogP contribution in [0.1, 0.15) is 54.7 Å². The predicted molar refractivity (Wildman–Crippen MR) is 64.8 cm³/mol. The molecule has 0 aliphatic carbocycles. The number of rotatable bonds is 5. The number of aromatic nitrogens is 1. The van der Waals surface area contributed by atoms with Crippen LogP contribution in [0.2, 0.25) is 0 Å². The third-order valence-corrected chi connectivity index (χ3v) is 3.10. The summed E-state index contributed by atoms with van der Waals surface area (Å²) in [5, 5.41) is 9.05. The zero-order valence-electron chi connectivity index (χ0n) is 10.6. The van der Waals surface area contributed by atoms with Gasteiger partial charge in [-0.1, -0.05) is 13.3 Å². The summed E-state index contributed by atoms with van der Waals surface area (Å²) in [6.45, 7) is 2.77. The highest BCUT2D eigenvalue weighted by Gasteiger charge is 2.22. The lowest BCUT2D eigenvalue weighted by Crippen LogP contribution is -2.21. The number of oxazole rings is 1. The monoisotopic (exact) mass is 253 g/mol. The third-order valence-electron chi connectivity index (χ3n) is 3.10. The van der Waals surface area contributed by atoms with Crippen molar-refractivity contribution in [1.29, 1.82) is 0 Å². The molecule has 0 bridgehead atoms. The van der Waals surface area contributed by atoms with Crippen molar-refractivity contribution in [2.75, 3.05) is 6.61 Å². The highest BCUT2D eigenvalue weighted by molar-refractivity contribution is 5.85. The van der Waals surface area contributed by atoms with Crippen LogP contribution in [0, 0.1) is 0 Å². The average Bonchev–Trinajstić information content (AvgIpc) is 2.74. The van der Waals surface area contributed by atoms with Gasteiger partial charge in [-0.05, 0) is 25.7 Å². The molecule has 1 saturated heterocycles. The predicted octanol–water partition coefficient (Wildman–Crippen LogP) is 2.44. The lowest BCUT2D eigenvalue weighted by molar-refractivity contribution is 0.0129. The molecule has 0 radical (unpaired) electrons. The maximum absolute atomic E-state index is 11.0. The minimum absolute atomic E-state index is 0.0114. The Morgan fingerprint density at radius 1 is 1.50 bits per heavy atom. The Morgan fingerprint density at radius 3 is 2.94 bits per heavy atom. The lowest BCUT2D eigenvalue weighted by atomic mass is 10.1. The van der Waals surface area contributed by atoms with Crippen LogP contribution in [0.4, 0.5) is 0 Å². The first kappa shape index (κ1) is 13.1. The number of ether oxygens (including phenoxy) is 1. The lowest BCUT2D eigenvalue weighted by Gasteiger charge is -2.20. The number of carboxylic acids is 1. The molecule has 1 aromatic rings. The van der Waals surface area contributed by atoms with Gasteiger partial charge in [-0.25, -0.2) is 9.78 Å². The van der Waals surface area contributed by atoms with Crippen molar-refractivity contribution >= 4 is 5.97 Å². The highest BCUT2D eigenvalue weighted by atomic mass is 16.5. The van der Waals surface area contributed by atoms with Gasteiger partial charge in [-0.15, -0.1) is 0 Å². The Morgan fingerprint density at radius 2 is 2.33 bits per heavy atom. The van der Waals surface area contributed by atoms with Crippen LogP contribution in [0.5, 0.6) is 0 Å². The van der Waals surface area contributed by atoms with Gasteiger partial charge in [0.05, 0.1) is 18.2 Å². The zero-order valence-corrected chi connectivity index (χ0v) is 10.6. The first-order chi connectivity index (χ1) is 8.70. The smallest absolute Gasteiger partial charge is 0.373 e. The standard InChI is InChI=1S/C13H19NO4/c1-2-5-10-12(13(15)16)18-11(14-10)8-9-6-3-4-7-17-9/h9H,2-8H2,1H3,(H,15,16). The largest absolute Gasteiger partial charge is 0.475 e. The average molecular weight is 253 g/mol. The normalized spacial score (nSPS) is 19.9. The van der Waals surface area contributed by atoms with E-state index in [1.54, 1.807) is 0 Å². The van der Waals surface area contributed by atoms with Crippen molar-refractivity contribution in [2.45, 2.75) is 51.6 Å². The number of hydrogen-bond donors (Lipinski definition) is 1. The van der Waals surface area contributed by atoms with Crippen LogP contribution >= 0.6 is 0 Å². The number of aryl methyl sites for hydroxylation is 1. The van der Waals surface area contributed by atoms with E-state index < -0.39 is 5.97 Å². The molecular formula is C13H19NO4. The molecule has 1 unspecified atom stereocenters. The molecule has 1 N–H and O–H groups in total. The minimum Gasteiger partial charge on any atom is -0.475 e. The van der Waals surface area contributed by atoms with Gasteiger partial charge >= 0.3 is 5.97 Å². The summed E-state index contributed by atoms with van der Waals surface area (Å²) in [5.74, 6) is -0.563. The molecule has 2 rings (SSSR count). The second-order valence-corrected chi connectivity index (χ2v) is 4.63. The molecule has 1 aliphatic rings. The van der Waals surface area contributed by atoms with Crippen molar-refractivity contribution in [1.82, 2.24) is 4.98 Å². The molecule has 18 heavy (non-hydrogen) atoms. The van der Waals surface area contributed by atoms with E-state index in [9.17, 15) is 4.79 Å². The van der Waals surface area contributed by atoms with E-state index in [0.717, 1.165) is 32.3 Å². The van der Waals surface area contributed by atoms with Gasteiger partial charge in [0.25, 0.3) is 0 Å². The first-order valence-corrected chi connectivity index (χ1v) is 6.54. The first-order valence-electron chi connectivity index (χ1n) is 6.54. The number of hydrogen-bond acceptors (Lipinski definition) is 4. The Kier molecular flexibility index (Phi) is 4.36. The molecule has 1 aliphatic heterocycles. The Labute approximate surface area is 106 Å². The molecule has 0 saturated carbocycles. The summed E-state index contributed by atoms with van der Waals surface area (Å²) < 4.78 is 10.9. The van der Waals surface area contributed by atoms with E-state index in [4.69, 9.17) is 14.3 Å². The molecular weight excluding hydrogens is 234 g/mol. The van der Waals surface area contributed by atoms with Crippen molar-refractivity contribution in [3.8, 4) is 0 Å². The fourth-order valence-electron chi connectivity index (χ4n) is 2.22. The van der Waals surface area contributed by atoms with Crippen molar-refractivity contribution in [2.24, 2.45) is 0 Å². The Balaban J connectivity index is 2.07. The van der Waals surface area contributed by atoms with Crippen LogP contribution < -0.4 is 0 Å². The van der Waals surface area contributed by atoms with Gasteiger partial charge in [0.1, 0.15) is 0 Å². The van der Waals surface area contributed by atoms with Gasteiger partial charge in [0.2, 0.25) is 5.76 Å². The van der Waals surface area contributed by atoms with Gasteiger partial charge in [-0.3, -0.25) is 0 Å². The second kappa shape index (κ2) is 6.00. The van der Waals surface area contributed by atoms with E-state index in [0.29, 0.717) is 24.4 Å². The van der Waals surface area contributed by atoms with Crippen molar-refractivity contribution in [3.05, 3.63) is 17.3 Å². The van der Waals surface area contributed by atoms with E-state index in [2.05, 4.69) is 4.98 Å². The molecule has 100 valence electrons. The maximum Gasteiger partial charge on any atom is 0.373 e. The van der Waals surface area contributed by atoms with E-state index >= 15 is 0 Å². The number of nitrogens with zero attached hydrogens (tertiary/aromatic N) is 1. The maximum atomic E-state index is 11.0. The molecule has 0 amide bonds. The fourth-order valence-corrected chi connectivity index (χ4v) is 2.22. The summed E-state index contributed by atoms with van der Waals surface area (Å²) >= 11 is 0. The molecule has 0 spiro atoms. The number of carbonyl (C=O) groups is 1. The summed E-state index contributed by atoms with van der Waals surface area (Å²) in [6.07, 6.45) is 5.43. The number of carboxylic acid groups (broad SMARTS) is 1. The topological polar surface area (TPSA) is 72.6 Å². The summed E-state index contributed by atoms with van der Waals surface area (Å²) in [4.78, 5) is 15.3. The molecule has 1 aromatic heterocycles. The Hall–Kier alpha value is -1.36. The van der Waals surface area contributed by atoms with E-state index in [-0.39, 0.29) is 11.9 Å². The van der Waals surface area contributed by atoms with Crippen LogP contribution in [0.15, 0.2) is 4.42 Å². The summed E-state index contributed by atoms with van der Waals surface area (Å²) in [7, 11) is 0. The van der Waals surface area contributed by atoms with Crippen LogP contribution in [-0.2, 0) is 17.6 Å². The zero-order chi connectivity index (χ0) is 13.0. The SMILES string of the molecule is CCCc1nc(CC2CCCCO2)oc1C(=O)O. The molecule has 1 fully saturated rings. The molecule has 5 heteroatoms. The fraction of sp³-hybridized carbons (Fsp3) is 0.692. The van der Waals surface area contributed by atoms with Gasteiger partial charge < -0.3 is 14.3 Å². The molecule has 5 nitrogen and oxygen atoms in total. The van der Waals surface area contributed by atoms with Crippen LogP contribution in [0.3, 0.4) is 0 Å². The molecule has 2 heterocycles.